The van der Waals surface area contributed by atoms with E-state index in [0.717, 1.165) is 41.1 Å². The molecule has 3 rings (SSSR count). The highest BCUT2D eigenvalue weighted by Gasteiger charge is 2.06. The van der Waals surface area contributed by atoms with E-state index in [2.05, 4.69) is 37.5 Å². The number of pyridine rings is 1. The lowest BCUT2D eigenvalue weighted by Gasteiger charge is -2.11. The molecule has 0 saturated carbocycles. The maximum Gasteiger partial charge on any atom is 0.191 e. The van der Waals surface area contributed by atoms with E-state index in [1.165, 1.54) is 4.88 Å². The van der Waals surface area contributed by atoms with Crippen LogP contribution in [0, 0.1) is 13.8 Å². The zero-order valence-corrected chi connectivity index (χ0v) is 18.8. The van der Waals surface area contributed by atoms with Gasteiger partial charge in [0.1, 0.15) is 12.1 Å². The average Bonchev–Trinajstić information content (AvgIpc) is 3.27. The molecule has 3 aromatic rings. The Labute approximate surface area is 180 Å². The molecule has 0 fully saturated rings. The summed E-state index contributed by atoms with van der Waals surface area (Å²) in [5, 5.41) is 7.73. The number of hydrogen-bond donors (Lipinski definition) is 2. The Hall–Kier alpha value is -2.01. The van der Waals surface area contributed by atoms with Crippen molar-refractivity contribution >= 4 is 41.3 Å². The highest BCUT2D eigenvalue weighted by molar-refractivity contribution is 14.0. The summed E-state index contributed by atoms with van der Waals surface area (Å²) in [5.41, 5.74) is 2.13. The summed E-state index contributed by atoms with van der Waals surface area (Å²) in [6.45, 7) is 8.22. The fourth-order valence-electron chi connectivity index (χ4n) is 2.47. The molecular weight excluding hydrogens is 473 g/mol. The SMILES string of the molecule is CCNC(=NCc1ccc(-n2ccnc2)nc1)NCc1sc(C)nc1C.I. The largest absolute Gasteiger partial charge is 0.357 e. The average molecular weight is 497 g/mol. The number of guanidine groups is 1. The monoisotopic (exact) mass is 497 g/mol. The molecule has 2 N–H and O–H groups in total. The van der Waals surface area contributed by atoms with E-state index in [1.807, 2.05) is 42.9 Å². The first-order valence-electron chi connectivity index (χ1n) is 8.54. The lowest BCUT2D eigenvalue weighted by atomic mass is 10.3. The normalized spacial score (nSPS) is 11.1. The van der Waals surface area contributed by atoms with Crippen molar-refractivity contribution < 1.29 is 0 Å². The van der Waals surface area contributed by atoms with Crippen molar-refractivity contribution in [3.63, 3.8) is 0 Å². The smallest absolute Gasteiger partial charge is 0.191 e. The summed E-state index contributed by atoms with van der Waals surface area (Å²) in [6.07, 6.45) is 7.19. The molecule has 0 saturated heterocycles. The predicted molar refractivity (Wildman–Crippen MR) is 120 cm³/mol. The van der Waals surface area contributed by atoms with E-state index in [1.54, 1.807) is 23.9 Å². The number of hydrogen-bond acceptors (Lipinski definition) is 5. The van der Waals surface area contributed by atoms with Gasteiger partial charge in [0.2, 0.25) is 0 Å². The van der Waals surface area contributed by atoms with Crippen molar-refractivity contribution in [1.29, 1.82) is 0 Å². The number of imidazole rings is 1. The summed E-state index contributed by atoms with van der Waals surface area (Å²) in [4.78, 5) is 18.8. The predicted octanol–water partition coefficient (Wildman–Crippen LogP) is 3.21. The van der Waals surface area contributed by atoms with Crippen LogP contribution < -0.4 is 10.6 Å². The number of nitrogens with zero attached hydrogens (tertiary/aromatic N) is 5. The molecule has 0 atom stereocenters. The van der Waals surface area contributed by atoms with Gasteiger partial charge in [0.05, 0.1) is 23.8 Å². The summed E-state index contributed by atoms with van der Waals surface area (Å²) >= 11 is 1.72. The van der Waals surface area contributed by atoms with Gasteiger partial charge in [0.25, 0.3) is 0 Å². The summed E-state index contributed by atoms with van der Waals surface area (Å²) in [5.74, 6) is 1.63. The molecule has 0 unspecified atom stereocenters. The molecule has 0 bridgehead atoms. The number of aryl methyl sites for hydroxylation is 2. The molecule has 3 heterocycles. The van der Waals surface area contributed by atoms with Crippen molar-refractivity contribution in [2.75, 3.05) is 6.54 Å². The Balaban J connectivity index is 0.00000261. The first-order chi connectivity index (χ1) is 12.7. The van der Waals surface area contributed by atoms with Crippen LogP contribution >= 0.6 is 35.3 Å². The van der Waals surface area contributed by atoms with Crippen LogP contribution in [0.1, 0.15) is 28.1 Å². The summed E-state index contributed by atoms with van der Waals surface area (Å²) in [6, 6.07) is 4.00. The molecule has 7 nitrogen and oxygen atoms in total. The van der Waals surface area contributed by atoms with Crippen LogP contribution in [-0.4, -0.2) is 32.0 Å². The molecule has 0 aliphatic rings. The third-order valence-electron chi connectivity index (χ3n) is 3.76. The Morgan fingerprint density at radius 3 is 2.70 bits per heavy atom. The molecule has 144 valence electrons. The molecule has 0 spiro atoms. The molecule has 0 aromatic carbocycles. The fourth-order valence-corrected chi connectivity index (χ4v) is 3.35. The van der Waals surface area contributed by atoms with Crippen molar-refractivity contribution in [3.8, 4) is 5.82 Å². The molecular formula is C18H24IN7S. The Bertz CT molecular complexity index is 856. The van der Waals surface area contributed by atoms with Crippen molar-refractivity contribution in [2.24, 2.45) is 4.99 Å². The van der Waals surface area contributed by atoms with Gasteiger partial charge in [0, 0.05) is 30.0 Å². The maximum atomic E-state index is 4.65. The lowest BCUT2D eigenvalue weighted by molar-refractivity contribution is 0.818. The minimum Gasteiger partial charge on any atom is -0.357 e. The second-order valence-electron chi connectivity index (χ2n) is 5.78. The van der Waals surface area contributed by atoms with Crippen LogP contribution in [-0.2, 0) is 13.1 Å². The van der Waals surface area contributed by atoms with Gasteiger partial charge in [0.15, 0.2) is 5.96 Å². The van der Waals surface area contributed by atoms with Gasteiger partial charge in [-0.3, -0.25) is 4.57 Å². The molecule has 0 aliphatic carbocycles. The minimum absolute atomic E-state index is 0. The summed E-state index contributed by atoms with van der Waals surface area (Å²) < 4.78 is 1.87. The minimum atomic E-state index is 0. The van der Waals surface area contributed by atoms with E-state index in [0.29, 0.717) is 6.54 Å². The highest BCUT2D eigenvalue weighted by atomic mass is 127. The van der Waals surface area contributed by atoms with E-state index in [4.69, 9.17) is 0 Å². The van der Waals surface area contributed by atoms with Crippen LogP contribution in [0.5, 0.6) is 0 Å². The zero-order valence-electron chi connectivity index (χ0n) is 15.6. The third kappa shape index (κ3) is 5.99. The lowest BCUT2D eigenvalue weighted by Crippen LogP contribution is -2.36. The number of rotatable bonds is 6. The van der Waals surface area contributed by atoms with Crippen molar-refractivity contribution in [1.82, 2.24) is 30.2 Å². The van der Waals surface area contributed by atoms with Crippen LogP contribution in [0.3, 0.4) is 0 Å². The van der Waals surface area contributed by atoms with Gasteiger partial charge >= 0.3 is 0 Å². The van der Waals surface area contributed by atoms with Crippen LogP contribution in [0.15, 0.2) is 42.0 Å². The second kappa shape index (κ2) is 10.4. The molecule has 0 aliphatic heterocycles. The van der Waals surface area contributed by atoms with Gasteiger partial charge in [-0.2, -0.15) is 0 Å². The number of halogens is 1. The van der Waals surface area contributed by atoms with Crippen LogP contribution in [0.2, 0.25) is 0 Å². The van der Waals surface area contributed by atoms with Gasteiger partial charge in [-0.1, -0.05) is 6.07 Å². The summed E-state index contributed by atoms with van der Waals surface area (Å²) in [7, 11) is 0. The highest BCUT2D eigenvalue weighted by Crippen LogP contribution is 2.16. The van der Waals surface area contributed by atoms with Gasteiger partial charge < -0.3 is 10.6 Å². The number of aromatic nitrogens is 4. The number of thiazole rings is 1. The molecule has 27 heavy (non-hydrogen) atoms. The number of nitrogens with one attached hydrogen (secondary N) is 2. The first-order valence-corrected chi connectivity index (χ1v) is 9.35. The third-order valence-corrected chi connectivity index (χ3v) is 4.83. The Kier molecular flexibility index (Phi) is 8.17. The standard InChI is InChI=1S/C18H23N7S.HI/c1-4-20-18(23-11-16-13(2)24-14(3)26-16)22-10-15-5-6-17(21-9-15)25-8-7-19-12-25;/h5-9,12H,4,10-11H2,1-3H3,(H2,20,22,23);1H. The Morgan fingerprint density at radius 2 is 2.11 bits per heavy atom. The van der Waals surface area contributed by atoms with E-state index in [-0.39, 0.29) is 24.0 Å². The number of aliphatic imine (C=N–C) groups is 1. The maximum absolute atomic E-state index is 4.65. The fraction of sp³-hybridized carbons (Fsp3) is 0.333. The topological polar surface area (TPSA) is 80.0 Å². The van der Waals surface area contributed by atoms with E-state index in [9.17, 15) is 0 Å². The molecule has 9 heteroatoms. The van der Waals surface area contributed by atoms with Gasteiger partial charge in [-0.15, -0.1) is 35.3 Å². The van der Waals surface area contributed by atoms with Gasteiger partial charge in [-0.25, -0.2) is 19.9 Å². The van der Waals surface area contributed by atoms with Crippen molar-refractivity contribution in [3.05, 3.63) is 58.2 Å². The Morgan fingerprint density at radius 1 is 1.26 bits per heavy atom. The molecule has 3 aromatic heterocycles. The van der Waals surface area contributed by atoms with E-state index < -0.39 is 0 Å². The van der Waals surface area contributed by atoms with E-state index >= 15 is 0 Å². The molecule has 0 amide bonds. The zero-order chi connectivity index (χ0) is 18.4. The van der Waals surface area contributed by atoms with Crippen LogP contribution in [0.25, 0.3) is 5.82 Å². The first kappa shape index (κ1) is 21.3. The molecule has 0 radical (unpaired) electrons. The van der Waals surface area contributed by atoms with Gasteiger partial charge in [-0.05, 0) is 32.4 Å². The van der Waals surface area contributed by atoms with Crippen LogP contribution in [0.4, 0.5) is 0 Å². The second-order valence-corrected chi connectivity index (χ2v) is 7.07. The van der Waals surface area contributed by atoms with Crippen molar-refractivity contribution in [2.45, 2.75) is 33.9 Å². The quantitative estimate of drug-likeness (QED) is 0.311.